The standard InChI is InChI=1S/C24H29N3O4S/c1-6-16-8-10-17(11-9-16)26-21(28)18(7-2)27-13-25-22-19(23(27)29)15(5)20(32-22)24(30)31-12-14(3)4/h8-11,13-14,18H,6-7,12H2,1-5H3,(H,26,28). The fourth-order valence-electron chi connectivity index (χ4n) is 3.42. The van der Waals surface area contributed by atoms with Gasteiger partial charge in [-0.15, -0.1) is 11.3 Å². The van der Waals surface area contributed by atoms with Crippen molar-refractivity contribution in [3.8, 4) is 0 Å². The van der Waals surface area contributed by atoms with E-state index in [2.05, 4.69) is 17.2 Å². The lowest BCUT2D eigenvalue weighted by Gasteiger charge is -2.17. The zero-order valence-electron chi connectivity index (χ0n) is 19.1. The number of ether oxygens (including phenoxy) is 1. The Morgan fingerprint density at radius 2 is 1.88 bits per heavy atom. The van der Waals surface area contributed by atoms with E-state index >= 15 is 0 Å². The number of rotatable bonds is 8. The van der Waals surface area contributed by atoms with E-state index in [0.717, 1.165) is 17.8 Å². The molecule has 2 heterocycles. The van der Waals surface area contributed by atoms with Gasteiger partial charge in [0.25, 0.3) is 5.56 Å². The molecule has 170 valence electrons. The molecule has 32 heavy (non-hydrogen) atoms. The Morgan fingerprint density at radius 3 is 2.47 bits per heavy atom. The summed E-state index contributed by atoms with van der Waals surface area (Å²) in [4.78, 5) is 43.9. The van der Waals surface area contributed by atoms with Crippen molar-refractivity contribution in [1.82, 2.24) is 9.55 Å². The SMILES string of the molecule is CCc1ccc(NC(=O)C(CC)n2cnc3sc(C(=O)OCC(C)C)c(C)c3c2=O)cc1. The summed E-state index contributed by atoms with van der Waals surface area (Å²) in [7, 11) is 0. The molecule has 0 aliphatic heterocycles. The van der Waals surface area contributed by atoms with Gasteiger partial charge in [0.05, 0.1) is 18.3 Å². The minimum atomic E-state index is -0.721. The summed E-state index contributed by atoms with van der Waals surface area (Å²) < 4.78 is 6.68. The number of aromatic nitrogens is 2. The average molecular weight is 456 g/mol. The molecule has 0 aliphatic rings. The summed E-state index contributed by atoms with van der Waals surface area (Å²) in [5, 5.41) is 3.24. The first-order valence-corrected chi connectivity index (χ1v) is 11.7. The number of hydrogen-bond acceptors (Lipinski definition) is 6. The predicted molar refractivity (Wildman–Crippen MR) is 128 cm³/mol. The number of amides is 1. The Labute approximate surface area is 191 Å². The second kappa shape index (κ2) is 10.1. The van der Waals surface area contributed by atoms with E-state index in [1.54, 1.807) is 6.92 Å². The number of benzene rings is 1. The van der Waals surface area contributed by atoms with Gasteiger partial charge in [0.15, 0.2) is 0 Å². The first-order valence-electron chi connectivity index (χ1n) is 10.8. The second-order valence-corrected chi connectivity index (χ2v) is 9.15. The van der Waals surface area contributed by atoms with E-state index in [0.29, 0.717) is 39.4 Å². The molecule has 7 nitrogen and oxygen atoms in total. The van der Waals surface area contributed by atoms with Crippen molar-refractivity contribution in [3.05, 3.63) is 57.0 Å². The topological polar surface area (TPSA) is 90.3 Å². The molecular formula is C24H29N3O4S. The minimum absolute atomic E-state index is 0.214. The van der Waals surface area contributed by atoms with Crippen LogP contribution in [0.5, 0.6) is 0 Å². The van der Waals surface area contributed by atoms with Crippen LogP contribution in [-0.4, -0.2) is 28.0 Å². The number of hydrogen-bond donors (Lipinski definition) is 1. The number of nitrogens with zero attached hydrogens (tertiary/aromatic N) is 2. The van der Waals surface area contributed by atoms with Gasteiger partial charge in [-0.1, -0.05) is 39.8 Å². The summed E-state index contributed by atoms with van der Waals surface area (Å²) in [5.41, 5.74) is 2.05. The lowest BCUT2D eigenvalue weighted by molar-refractivity contribution is -0.119. The maximum absolute atomic E-state index is 13.3. The Balaban J connectivity index is 1.91. The molecule has 1 amide bonds. The van der Waals surface area contributed by atoms with Crippen LogP contribution in [0.1, 0.15) is 61.0 Å². The molecule has 0 bridgehead atoms. The highest BCUT2D eigenvalue weighted by Crippen LogP contribution is 2.28. The smallest absolute Gasteiger partial charge is 0.348 e. The summed E-state index contributed by atoms with van der Waals surface area (Å²) >= 11 is 1.14. The van der Waals surface area contributed by atoms with Gasteiger partial charge in [-0.25, -0.2) is 9.78 Å². The van der Waals surface area contributed by atoms with Crippen LogP contribution in [0, 0.1) is 12.8 Å². The molecule has 0 aliphatic carbocycles. The molecular weight excluding hydrogens is 426 g/mol. The van der Waals surface area contributed by atoms with Gasteiger partial charge >= 0.3 is 5.97 Å². The Bertz CT molecular complexity index is 1180. The van der Waals surface area contributed by atoms with Crippen molar-refractivity contribution in [2.24, 2.45) is 5.92 Å². The average Bonchev–Trinajstić information content (AvgIpc) is 3.11. The third-order valence-corrected chi connectivity index (χ3v) is 6.44. The van der Waals surface area contributed by atoms with Crippen LogP contribution in [0.2, 0.25) is 0 Å². The fourth-order valence-corrected chi connectivity index (χ4v) is 4.45. The van der Waals surface area contributed by atoms with Crippen LogP contribution in [-0.2, 0) is 16.0 Å². The van der Waals surface area contributed by atoms with E-state index in [4.69, 9.17) is 4.74 Å². The molecule has 1 unspecified atom stereocenters. The molecule has 0 saturated carbocycles. The quantitative estimate of drug-likeness (QED) is 0.496. The van der Waals surface area contributed by atoms with E-state index < -0.39 is 12.0 Å². The van der Waals surface area contributed by atoms with E-state index in [1.165, 1.54) is 16.5 Å². The molecule has 0 spiro atoms. The summed E-state index contributed by atoms with van der Waals surface area (Å²) in [6, 6.07) is 6.91. The number of esters is 1. The number of carbonyl (C=O) groups is 2. The van der Waals surface area contributed by atoms with Crippen LogP contribution in [0.3, 0.4) is 0 Å². The normalized spacial score (nSPS) is 12.2. The number of fused-ring (bicyclic) bond motifs is 1. The zero-order valence-corrected chi connectivity index (χ0v) is 19.9. The maximum Gasteiger partial charge on any atom is 0.348 e. The van der Waals surface area contributed by atoms with Gasteiger partial charge < -0.3 is 10.1 Å². The van der Waals surface area contributed by atoms with E-state index in [-0.39, 0.29) is 17.4 Å². The number of carbonyl (C=O) groups excluding carboxylic acids is 2. The number of aryl methyl sites for hydroxylation is 2. The third kappa shape index (κ3) is 4.91. The van der Waals surface area contributed by atoms with Gasteiger partial charge in [-0.3, -0.25) is 14.2 Å². The zero-order chi connectivity index (χ0) is 23.4. The molecule has 1 atom stereocenters. The van der Waals surface area contributed by atoms with Crippen LogP contribution < -0.4 is 10.9 Å². The van der Waals surface area contributed by atoms with Crippen molar-refractivity contribution in [2.45, 2.75) is 53.5 Å². The van der Waals surface area contributed by atoms with Crippen LogP contribution in [0.25, 0.3) is 10.2 Å². The molecule has 2 aromatic heterocycles. The summed E-state index contributed by atoms with van der Waals surface area (Å²) in [5.74, 6) is -0.527. The Hall–Kier alpha value is -3.00. The lowest BCUT2D eigenvalue weighted by atomic mass is 10.1. The molecule has 3 aromatic rings. The summed E-state index contributed by atoms with van der Waals surface area (Å²) in [6.07, 6.45) is 2.72. The fraction of sp³-hybridized carbons (Fsp3) is 0.417. The van der Waals surface area contributed by atoms with Gasteiger partial charge in [0.2, 0.25) is 5.91 Å². The number of thiophene rings is 1. The second-order valence-electron chi connectivity index (χ2n) is 8.15. The highest BCUT2D eigenvalue weighted by atomic mass is 32.1. The molecule has 0 saturated heterocycles. The molecule has 1 aromatic carbocycles. The number of anilines is 1. The highest BCUT2D eigenvalue weighted by Gasteiger charge is 2.25. The van der Waals surface area contributed by atoms with Crippen LogP contribution >= 0.6 is 11.3 Å². The third-order valence-electron chi connectivity index (χ3n) is 5.26. The summed E-state index contributed by atoms with van der Waals surface area (Å²) in [6.45, 7) is 9.85. The van der Waals surface area contributed by atoms with Crippen molar-refractivity contribution in [1.29, 1.82) is 0 Å². The van der Waals surface area contributed by atoms with Crippen LogP contribution in [0.4, 0.5) is 5.69 Å². The molecule has 1 N–H and O–H groups in total. The largest absolute Gasteiger partial charge is 0.461 e. The minimum Gasteiger partial charge on any atom is -0.461 e. The van der Waals surface area contributed by atoms with Crippen LogP contribution in [0.15, 0.2) is 35.4 Å². The van der Waals surface area contributed by atoms with E-state index in [1.807, 2.05) is 45.0 Å². The van der Waals surface area contributed by atoms with Gasteiger partial charge in [0.1, 0.15) is 15.7 Å². The Kier molecular flexibility index (Phi) is 7.45. The molecule has 3 rings (SSSR count). The van der Waals surface area contributed by atoms with E-state index in [9.17, 15) is 14.4 Å². The molecule has 0 fully saturated rings. The first kappa shape index (κ1) is 23.7. The van der Waals surface area contributed by atoms with Crippen molar-refractivity contribution in [3.63, 3.8) is 0 Å². The monoisotopic (exact) mass is 455 g/mol. The maximum atomic E-state index is 13.3. The van der Waals surface area contributed by atoms with Crippen molar-refractivity contribution >= 4 is 39.1 Å². The Morgan fingerprint density at radius 1 is 1.19 bits per heavy atom. The molecule has 8 heteroatoms. The van der Waals surface area contributed by atoms with Gasteiger partial charge in [0, 0.05) is 5.69 Å². The van der Waals surface area contributed by atoms with Gasteiger partial charge in [-0.2, -0.15) is 0 Å². The van der Waals surface area contributed by atoms with Gasteiger partial charge in [-0.05, 0) is 48.9 Å². The number of nitrogens with one attached hydrogen (secondary N) is 1. The van der Waals surface area contributed by atoms with Crippen molar-refractivity contribution < 1.29 is 14.3 Å². The highest BCUT2D eigenvalue weighted by molar-refractivity contribution is 7.20. The first-order chi connectivity index (χ1) is 15.3. The molecule has 0 radical (unpaired) electrons. The predicted octanol–water partition coefficient (Wildman–Crippen LogP) is 4.73. The lowest BCUT2D eigenvalue weighted by Crippen LogP contribution is -2.33. The van der Waals surface area contributed by atoms with Crippen molar-refractivity contribution in [2.75, 3.05) is 11.9 Å².